The first-order valence-electron chi connectivity index (χ1n) is 9.03. The predicted molar refractivity (Wildman–Crippen MR) is 110 cm³/mol. The highest BCUT2D eigenvalue weighted by Gasteiger charge is 2.34. The molecule has 0 spiro atoms. The predicted octanol–water partition coefficient (Wildman–Crippen LogP) is 3.01. The minimum atomic E-state index is -4.24. The molecule has 162 valence electrons. The molecule has 0 aliphatic carbocycles. The smallest absolute Gasteiger partial charge is 0.262 e. The lowest BCUT2D eigenvalue weighted by Crippen LogP contribution is -2.47. The number of carbonyl (C=O) groups is 1. The Kier molecular flexibility index (Phi) is 6.05. The van der Waals surface area contributed by atoms with E-state index < -0.39 is 33.0 Å². The van der Waals surface area contributed by atoms with Gasteiger partial charge in [-0.3, -0.25) is 14.5 Å². The van der Waals surface area contributed by atoms with Gasteiger partial charge in [0.2, 0.25) is 0 Å². The fraction of sp³-hybridized carbons (Fsp3) is 0.143. The van der Waals surface area contributed by atoms with Gasteiger partial charge in [-0.05, 0) is 43.2 Å². The van der Waals surface area contributed by atoms with Crippen molar-refractivity contribution in [2.45, 2.75) is 23.8 Å². The van der Waals surface area contributed by atoms with Gasteiger partial charge in [0.15, 0.2) is 17.4 Å². The second kappa shape index (κ2) is 8.40. The Morgan fingerprint density at radius 1 is 1.13 bits per heavy atom. The first-order chi connectivity index (χ1) is 14.5. The number of nitrogens with two attached hydrogens (primary N) is 1. The van der Waals surface area contributed by atoms with Crippen molar-refractivity contribution in [1.29, 1.82) is 0 Å². The van der Waals surface area contributed by atoms with Crippen LogP contribution < -0.4 is 10.5 Å². The number of ketones is 1. The van der Waals surface area contributed by atoms with Crippen LogP contribution in [-0.2, 0) is 16.4 Å². The average Bonchev–Trinajstić information content (AvgIpc) is 2.69. The van der Waals surface area contributed by atoms with Crippen LogP contribution in [0.25, 0.3) is 0 Å². The number of aromatic hydroxyl groups is 1. The van der Waals surface area contributed by atoms with Crippen molar-refractivity contribution in [3.63, 3.8) is 0 Å². The maximum atomic E-state index is 13.5. The zero-order valence-electron chi connectivity index (χ0n) is 16.3. The van der Waals surface area contributed by atoms with Crippen molar-refractivity contribution < 1.29 is 27.1 Å². The summed E-state index contributed by atoms with van der Waals surface area (Å²) < 4.78 is 54.8. The molecule has 4 N–H and O–H groups in total. The summed E-state index contributed by atoms with van der Waals surface area (Å²) in [5.74, 6) is -3.05. The topological polar surface area (TPSA) is 122 Å². The summed E-state index contributed by atoms with van der Waals surface area (Å²) in [5, 5.41) is 9.49. The van der Waals surface area contributed by atoms with Gasteiger partial charge >= 0.3 is 0 Å². The van der Waals surface area contributed by atoms with Gasteiger partial charge in [0, 0.05) is 11.6 Å². The van der Waals surface area contributed by atoms with Crippen LogP contribution in [0.3, 0.4) is 0 Å². The van der Waals surface area contributed by atoms with Gasteiger partial charge in [0.1, 0.15) is 5.75 Å². The second-order valence-corrected chi connectivity index (χ2v) is 8.86. The van der Waals surface area contributed by atoms with E-state index >= 15 is 0 Å². The Balaban J connectivity index is 1.94. The van der Waals surface area contributed by atoms with E-state index in [1.54, 1.807) is 0 Å². The molecule has 1 aromatic heterocycles. The number of hydrogen-bond donors (Lipinski definition) is 3. The summed E-state index contributed by atoms with van der Waals surface area (Å²) in [6.07, 6.45) is 2.17. The largest absolute Gasteiger partial charge is 0.506 e. The molecule has 0 radical (unpaired) electrons. The van der Waals surface area contributed by atoms with Crippen LogP contribution in [0.2, 0.25) is 0 Å². The number of pyridine rings is 1. The molecular weight excluding hydrogens is 428 g/mol. The Morgan fingerprint density at radius 3 is 2.52 bits per heavy atom. The summed E-state index contributed by atoms with van der Waals surface area (Å²) in [4.78, 5) is 16.5. The third kappa shape index (κ3) is 5.04. The van der Waals surface area contributed by atoms with Gasteiger partial charge in [-0.15, -0.1) is 0 Å². The van der Waals surface area contributed by atoms with E-state index in [1.165, 1.54) is 43.5 Å². The molecule has 0 saturated carbocycles. The van der Waals surface area contributed by atoms with Crippen molar-refractivity contribution in [2.24, 2.45) is 5.73 Å². The molecule has 0 bridgehead atoms. The van der Waals surface area contributed by atoms with Crippen molar-refractivity contribution in [1.82, 2.24) is 4.98 Å². The molecule has 0 amide bonds. The number of aromatic nitrogens is 1. The minimum absolute atomic E-state index is 0.000417. The number of nitrogens with zero attached hydrogens (tertiary/aromatic N) is 1. The highest BCUT2D eigenvalue weighted by molar-refractivity contribution is 7.92. The van der Waals surface area contributed by atoms with Crippen LogP contribution in [0.15, 0.2) is 65.8 Å². The lowest BCUT2D eigenvalue weighted by Gasteiger charge is -2.24. The second-order valence-electron chi connectivity index (χ2n) is 7.21. The molecule has 1 heterocycles. The maximum absolute atomic E-state index is 13.5. The molecule has 0 saturated heterocycles. The third-order valence-electron chi connectivity index (χ3n) is 4.47. The number of halogens is 2. The SMILES string of the molecule is CC(N)(Cc1ccc(F)c(F)c1)C(=O)c1ccccc1S(=O)(=O)Nc1cncc(O)c1. The van der Waals surface area contributed by atoms with E-state index in [1.807, 2.05) is 0 Å². The number of nitrogens with one attached hydrogen (secondary N) is 1. The van der Waals surface area contributed by atoms with E-state index in [4.69, 9.17) is 5.73 Å². The van der Waals surface area contributed by atoms with Crippen molar-refractivity contribution in [2.75, 3.05) is 4.72 Å². The number of rotatable bonds is 7. The maximum Gasteiger partial charge on any atom is 0.262 e. The molecule has 7 nitrogen and oxygen atoms in total. The molecule has 10 heteroatoms. The fourth-order valence-electron chi connectivity index (χ4n) is 3.04. The van der Waals surface area contributed by atoms with Crippen LogP contribution in [0.5, 0.6) is 5.75 Å². The molecule has 1 atom stereocenters. The standard InChI is InChI=1S/C21H19F2N3O4S/c1-21(24,10-13-6-7-17(22)18(23)8-13)20(28)16-4-2-3-5-19(16)31(29,30)26-14-9-15(27)12-25-11-14/h2-9,11-12,26-27H,10,24H2,1H3. The van der Waals surface area contributed by atoms with E-state index in [-0.39, 0.29) is 33.9 Å². The fourth-order valence-corrected chi connectivity index (χ4v) is 4.28. The Hall–Kier alpha value is -3.37. The summed E-state index contributed by atoms with van der Waals surface area (Å²) >= 11 is 0. The third-order valence-corrected chi connectivity index (χ3v) is 5.91. The number of benzene rings is 2. The van der Waals surface area contributed by atoms with Crippen molar-refractivity contribution in [3.8, 4) is 5.75 Å². The highest BCUT2D eigenvalue weighted by Crippen LogP contribution is 2.25. The first kappa shape index (κ1) is 22.3. The van der Waals surface area contributed by atoms with Crippen LogP contribution in [0, 0.1) is 11.6 Å². The number of Topliss-reactive ketones (excluding diaryl/α,β-unsaturated/α-hetero) is 1. The van der Waals surface area contributed by atoms with Crippen LogP contribution in [0.1, 0.15) is 22.8 Å². The van der Waals surface area contributed by atoms with Crippen LogP contribution in [0.4, 0.5) is 14.5 Å². The van der Waals surface area contributed by atoms with Crippen LogP contribution in [-0.4, -0.2) is 29.8 Å². The molecule has 2 aromatic carbocycles. The molecule has 3 aromatic rings. The molecular formula is C21H19F2N3O4S. The molecule has 1 unspecified atom stereocenters. The number of hydrogen-bond acceptors (Lipinski definition) is 6. The molecule has 3 rings (SSSR count). The number of sulfonamides is 1. The van der Waals surface area contributed by atoms with Crippen molar-refractivity contribution in [3.05, 3.63) is 83.7 Å². The van der Waals surface area contributed by atoms with Gasteiger partial charge < -0.3 is 10.8 Å². The van der Waals surface area contributed by atoms with E-state index in [0.717, 1.165) is 24.4 Å². The zero-order chi connectivity index (χ0) is 22.8. The van der Waals surface area contributed by atoms with Gasteiger partial charge in [-0.1, -0.05) is 18.2 Å². The van der Waals surface area contributed by atoms with Gasteiger partial charge in [-0.2, -0.15) is 0 Å². The minimum Gasteiger partial charge on any atom is -0.506 e. The summed E-state index contributed by atoms with van der Waals surface area (Å²) in [5.41, 5.74) is 4.67. The average molecular weight is 447 g/mol. The Morgan fingerprint density at radius 2 is 1.84 bits per heavy atom. The summed E-state index contributed by atoms with van der Waals surface area (Å²) in [7, 11) is -4.24. The van der Waals surface area contributed by atoms with Gasteiger partial charge in [0.25, 0.3) is 10.0 Å². The summed E-state index contributed by atoms with van der Waals surface area (Å²) in [6.45, 7) is 1.38. The molecule has 0 aliphatic heterocycles. The van der Waals surface area contributed by atoms with E-state index in [9.17, 15) is 27.1 Å². The Bertz CT molecular complexity index is 1250. The monoisotopic (exact) mass is 447 g/mol. The quantitative estimate of drug-likeness (QED) is 0.479. The normalized spacial score (nSPS) is 13.4. The number of carbonyl (C=O) groups excluding carboxylic acids is 1. The first-order valence-corrected chi connectivity index (χ1v) is 10.5. The lowest BCUT2D eigenvalue weighted by atomic mass is 9.86. The zero-order valence-corrected chi connectivity index (χ0v) is 17.2. The van der Waals surface area contributed by atoms with Crippen molar-refractivity contribution >= 4 is 21.5 Å². The highest BCUT2D eigenvalue weighted by atomic mass is 32.2. The summed E-state index contributed by atoms with van der Waals surface area (Å²) in [6, 6.07) is 9.79. The molecule has 31 heavy (non-hydrogen) atoms. The van der Waals surface area contributed by atoms with Gasteiger partial charge in [0.05, 0.1) is 28.5 Å². The Labute approximate surface area is 177 Å². The van der Waals surface area contributed by atoms with E-state index in [2.05, 4.69) is 9.71 Å². The molecule has 0 fully saturated rings. The number of anilines is 1. The van der Waals surface area contributed by atoms with E-state index in [0.29, 0.717) is 0 Å². The molecule has 0 aliphatic rings. The van der Waals surface area contributed by atoms with Gasteiger partial charge in [-0.25, -0.2) is 17.2 Å². The van der Waals surface area contributed by atoms with Crippen LogP contribution >= 0.6 is 0 Å². The lowest BCUT2D eigenvalue weighted by molar-refractivity contribution is 0.0897.